The number of nitrogens with one attached hydrogen (secondary N) is 1. The monoisotopic (exact) mass is 172 g/mol. The third-order valence-electron chi connectivity index (χ3n) is 1.36. The molecule has 0 aliphatic carbocycles. The van der Waals surface area contributed by atoms with E-state index in [2.05, 4.69) is 4.90 Å². The van der Waals surface area contributed by atoms with E-state index in [9.17, 15) is 4.79 Å². The van der Waals surface area contributed by atoms with Gasteiger partial charge in [0.15, 0.2) is 0 Å². The van der Waals surface area contributed by atoms with E-state index in [1.165, 1.54) is 11.6 Å². The van der Waals surface area contributed by atoms with Crippen molar-refractivity contribution in [2.45, 2.75) is 12.8 Å². The highest BCUT2D eigenvalue weighted by Crippen LogP contribution is 1.91. The Bertz CT molecular complexity index is 155. The number of rotatable bonds is 5. The van der Waals surface area contributed by atoms with Crippen molar-refractivity contribution in [3.8, 4) is 0 Å². The van der Waals surface area contributed by atoms with Crippen LogP contribution in [0.2, 0.25) is 0 Å². The molecular weight excluding hydrogens is 156 g/mol. The number of allylic oxidation sites excluding steroid dienone is 1. The molecule has 0 unspecified atom stereocenters. The lowest BCUT2D eigenvalue weighted by atomic mass is 10.3. The van der Waals surface area contributed by atoms with E-state index in [4.69, 9.17) is 5.21 Å². The zero-order valence-electron chi connectivity index (χ0n) is 7.58. The molecule has 2 N–H and O–H groups in total. The average molecular weight is 172 g/mol. The predicted octanol–water partition coefficient (Wildman–Crippen LogP) is 0.390. The van der Waals surface area contributed by atoms with Gasteiger partial charge in [0.2, 0.25) is 0 Å². The van der Waals surface area contributed by atoms with Crippen LogP contribution in [-0.2, 0) is 4.79 Å². The van der Waals surface area contributed by atoms with Gasteiger partial charge in [-0.3, -0.25) is 10.0 Å². The zero-order valence-corrected chi connectivity index (χ0v) is 7.58. The van der Waals surface area contributed by atoms with E-state index in [1.807, 2.05) is 14.1 Å². The Hall–Kier alpha value is -0.870. The Morgan fingerprint density at radius 3 is 2.75 bits per heavy atom. The van der Waals surface area contributed by atoms with Gasteiger partial charge in [0.1, 0.15) is 0 Å². The van der Waals surface area contributed by atoms with Gasteiger partial charge in [0.05, 0.1) is 0 Å². The summed E-state index contributed by atoms with van der Waals surface area (Å²) < 4.78 is 0. The standard InChI is InChI=1S/C8H16N2O2/c1-10(2)7-5-3-4-6-8(11)9-12/h4,6,12H,3,5,7H2,1-2H3,(H,9,11). The van der Waals surface area contributed by atoms with Crippen molar-refractivity contribution in [2.75, 3.05) is 20.6 Å². The molecule has 0 fully saturated rings. The molecule has 1 amide bonds. The lowest BCUT2D eigenvalue weighted by Crippen LogP contribution is -2.15. The second-order valence-corrected chi connectivity index (χ2v) is 2.82. The van der Waals surface area contributed by atoms with Crippen LogP contribution in [0.1, 0.15) is 12.8 Å². The van der Waals surface area contributed by atoms with Crippen LogP contribution in [0.4, 0.5) is 0 Å². The topological polar surface area (TPSA) is 52.6 Å². The van der Waals surface area contributed by atoms with Crippen LogP contribution in [0.25, 0.3) is 0 Å². The maximum Gasteiger partial charge on any atom is 0.267 e. The molecule has 0 atom stereocenters. The normalized spacial score (nSPS) is 11.0. The van der Waals surface area contributed by atoms with Crippen molar-refractivity contribution >= 4 is 5.91 Å². The molecule has 0 aromatic carbocycles. The minimum absolute atomic E-state index is 0.472. The Kier molecular flexibility index (Phi) is 6.32. The summed E-state index contributed by atoms with van der Waals surface area (Å²) >= 11 is 0. The first-order valence-corrected chi connectivity index (χ1v) is 3.92. The summed E-state index contributed by atoms with van der Waals surface area (Å²) in [7, 11) is 4.01. The molecule has 0 rings (SSSR count). The fourth-order valence-electron chi connectivity index (χ4n) is 0.753. The molecule has 0 radical (unpaired) electrons. The molecule has 0 heterocycles. The maximum atomic E-state index is 10.5. The SMILES string of the molecule is CN(C)CCCC=CC(=O)NO. The summed E-state index contributed by atoms with van der Waals surface area (Å²) in [4.78, 5) is 12.5. The number of nitrogens with zero attached hydrogens (tertiary/aromatic N) is 1. The van der Waals surface area contributed by atoms with Gasteiger partial charge in [-0.25, -0.2) is 5.48 Å². The molecule has 0 saturated heterocycles. The molecule has 0 bridgehead atoms. The van der Waals surface area contributed by atoms with E-state index in [0.717, 1.165) is 19.4 Å². The van der Waals surface area contributed by atoms with Gasteiger partial charge in [0, 0.05) is 6.08 Å². The number of hydrogen-bond acceptors (Lipinski definition) is 3. The third kappa shape index (κ3) is 7.24. The van der Waals surface area contributed by atoms with Crippen molar-refractivity contribution < 1.29 is 10.0 Å². The zero-order chi connectivity index (χ0) is 9.40. The summed E-state index contributed by atoms with van der Waals surface area (Å²) in [5, 5.41) is 8.12. The average Bonchev–Trinajstić information content (AvgIpc) is 2.03. The van der Waals surface area contributed by atoms with Crippen LogP contribution >= 0.6 is 0 Å². The van der Waals surface area contributed by atoms with Gasteiger partial charge in [-0.15, -0.1) is 0 Å². The van der Waals surface area contributed by atoms with Crippen LogP contribution in [0.15, 0.2) is 12.2 Å². The molecule has 0 aliphatic rings. The van der Waals surface area contributed by atoms with E-state index < -0.39 is 5.91 Å². The van der Waals surface area contributed by atoms with Gasteiger partial charge in [-0.2, -0.15) is 0 Å². The van der Waals surface area contributed by atoms with Gasteiger partial charge in [0.25, 0.3) is 5.91 Å². The summed E-state index contributed by atoms with van der Waals surface area (Å²) in [5.41, 5.74) is 1.53. The highest BCUT2D eigenvalue weighted by molar-refractivity contribution is 5.86. The van der Waals surface area contributed by atoms with Crippen molar-refractivity contribution in [1.82, 2.24) is 10.4 Å². The number of hydrogen-bond donors (Lipinski definition) is 2. The summed E-state index contributed by atoms with van der Waals surface area (Å²) in [5.74, 6) is -0.472. The molecule has 0 saturated carbocycles. The van der Waals surface area contributed by atoms with Gasteiger partial charge < -0.3 is 4.90 Å². The Balaban J connectivity index is 3.30. The van der Waals surface area contributed by atoms with Crippen LogP contribution < -0.4 is 5.48 Å². The molecule has 0 aromatic rings. The number of carbonyl (C=O) groups is 1. The highest BCUT2D eigenvalue weighted by Gasteiger charge is 1.90. The van der Waals surface area contributed by atoms with Crippen molar-refractivity contribution in [2.24, 2.45) is 0 Å². The molecule has 0 aromatic heterocycles. The first kappa shape index (κ1) is 11.1. The smallest absolute Gasteiger partial charge is 0.267 e. The Labute approximate surface area is 72.8 Å². The molecule has 12 heavy (non-hydrogen) atoms. The van der Waals surface area contributed by atoms with E-state index in [-0.39, 0.29) is 0 Å². The largest absolute Gasteiger partial charge is 0.309 e. The molecule has 0 aliphatic heterocycles. The van der Waals surface area contributed by atoms with Gasteiger partial charge in [-0.1, -0.05) is 6.08 Å². The summed E-state index contributed by atoms with van der Waals surface area (Å²) in [6.45, 7) is 1.01. The first-order chi connectivity index (χ1) is 5.66. The number of hydroxylamine groups is 1. The maximum absolute atomic E-state index is 10.5. The molecule has 4 heteroatoms. The fourth-order valence-corrected chi connectivity index (χ4v) is 0.753. The predicted molar refractivity (Wildman–Crippen MR) is 46.9 cm³/mol. The van der Waals surface area contributed by atoms with Crippen molar-refractivity contribution in [3.63, 3.8) is 0 Å². The summed E-state index contributed by atoms with van der Waals surface area (Å²) in [6.07, 6.45) is 4.94. The Morgan fingerprint density at radius 1 is 1.58 bits per heavy atom. The number of unbranched alkanes of at least 4 members (excludes halogenated alkanes) is 1. The lowest BCUT2D eigenvalue weighted by molar-refractivity contribution is -0.124. The summed E-state index contributed by atoms with van der Waals surface area (Å²) in [6, 6.07) is 0. The molecule has 70 valence electrons. The number of carbonyl (C=O) groups excluding carboxylic acids is 1. The molecular formula is C8H16N2O2. The van der Waals surface area contributed by atoms with Crippen molar-refractivity contribution in [1.29, 1.82) is 0 Å². The van der Waals surface area contributed by atoms with Crippen molar-refractivity contribution in [3.05, 3.63) is 12.2 Å². The van der Waals surface area contributed by atoms with E-state index in [1.54, 1.807) is 6.08 Å². The second kappa shape index (κ2) is 6.82. The molecule has 4 nitrogen and oxygen atoms in total. The van der Waals surface area contributed by atoms with Gasteiger partial charge in [-0.05, 0) is 33.5 Å². The first-order valence-electron chi connectivity index (χ1n) is 3.92. The van der Waals surface area contributed by atoms with E-state index >= 15 is 0 Å². The quantitative estimate of drug-likeness (QED) is 0.273. The van der Waals surface area contributed by atoms with Crippen LogP contribution in [0.5, 0.6) is 0 Å². The fraction of sp³-hybridized carbons (Fsp3) is 0.625. The minimum atomic E-state index is -0.472. The third-order valence-corrected chi connectivity index (χ3v) is 1.36. The lowest BCUT2D eigenvalue weighted by Gasteiger charge is -2.06. The van der Waals surface area contributed by atoms with Gasteiger partial charge >= 0.3 is 0 Å². The minimum Gasteiger partial charge on any atom is -0.309 e. The molecule has 0 spiro atoms. The van der Waals surface area contributed by atoms with E-state index in [0.29, 0.717) is 0 Å². The van der Waals surface area contributed by atoms with Crippen LogP contribution in [0, 0.1) is 0 Å². The second-order valence-electron chi connectivity index (χ2n) is 2.82. The highest BCUT2D eigenvalue weighted by atomic mass is 16.5. The Morgan fingerprint density at radius 2 is 2.25 bits per heavy atom. The number of amides is 1. The van der Waals surface area contributed by atoms with Crippen LogP contribution in [0.3, 0.4) is 0 Å². The van der Waals surface area contributed by atoms with Crippen LogP contribution in [-0.4, -0.2) is 36.7 Å².